The van der Waals surface area contributed by atoms with Crippen LogP contribution in [0, 0.1) is 0 Å². The van der Waals surface area contributed by atoms with E-state index < -0.39 is 12.0 Å². The highest BCUT2D eigenvalue weighted by molar-refractivity contribution is 7.18. The first-order valence-electron chi connectivity index (χ1n) is 8.09. The third-order valence-corrected chi connectivity index (χ3v) is 5.20. The van der Waals surface area contributed by atoms with Gasteiger partial charge in [0.2, 0.25) is 5.91 Å². The molecule has 1 N–H and O–H groups in total. The highest BCUT2D eigenvalue weighted by Gasteiger charge is 2.32. The van der Waals surface area contributed by atoms with Crippen LogP contribution in [0.1, 0.15) is 24.3 Å². The van der Waals surface area contributed by atoms with E-state index in [2.05, 4.69) is 11.1 Å². The predicted octanol–water partition coefficient (Wildman–Crippen LogP) is 2.32. The minimum atomic E-state index is -1.00. The van der Waals surface area contributed by atoms with Gasteiger partial charge in [0.05, 0.1) is 28.4 Å². The van der Waals surface area contributed by atoms with Crippen molar-refractivity contribution in [2.75, 3.05) is 19.8 Å². The molecule has 0 saturated carbocycles. The third kappa shape index (κ3) is 3.91. The number of ether oxygens (including phenoxy) is 1. The number of thiazole rings is 1. The Kier molecular flexibility index (Phi) is 5.42. The number of aromatic nitrogens is 1. The Bertz CT molecular complexity index is 697. The summed E-state index contributed by atoms with van der Waals surface area (Å²) in [6.45, 7) is 0.835. The van der Waals surface area contributed by atoms with E-state index in [4.69, 9.17) is 9.84 Å². The molecule has 3 rings (SSSR count). The van der Waals surface area contributed by atoms with E-state index in [0.717, 1.165) is 29.8 Å². The molecule has 0 spiro atoms. The normalized spacial score (nSPS) is 18.0. The molecule has 24 heavy (non-hydrogen) atoms. The van der Waals surface area contributed by atoms with Crippen LogP contribution in [0.3, 0.4) is 0 Å². The number of unbranched alkanes of at least 4 members (excludes halogenated alkanes) is 1. The van der Waals surface area contributed by atoms with Crippen molar-refractivity contribution in [2.24, 2.45) is 0 Å². The molecule has 2 heterocycles. The second-order valence-electron chi connectivity index (χ2n) is 5.80. The third-order valence-electron chi connectivity index (χ3n) is 4.10. The molecule has 1 aliphatic rings. The lowest BCUT2D eigenvalue weighted by atomic mass is 10.1. The fraction of sp³-hybridized carbons (Fsp3) is 0.471. The zero-order valence-corrected chi connectivity index (χ0v) is 14.1. The quantitative estimate of drug-likeness (QED) is 0.811. The van der Waals surface area contributed by atoms with Gasteiger partial charge in [0.15, 0.2) is 6.04 Å². The summed E-state index contributed by atoms with van der Waals surface area (Å²) in [5.41, 5.74) is 1.02. The number of carboxylic acids is 1. The molecule has 1 aromatic carbocycles. The van der Waals surface area contributed by atoms with Crippen molar-refractivity contribution < 1.29 is 19.4 Å². The van der Waals surface area contributed by atoms with Gasteiger partial charge in [0.25, 0.3) is 0 Å². The average molecular weight is 348 g/mol. The van der Waals surface area contributed by atoms with Gasteiger partial charge in [0, 0.05) is 13.0 Å². The standard InChI is InChI=1S/C17H20N2O4S/c20-16(19-9-10-23-11-13(19)17(21)22)8-4-3-7-15-18-12-5-1-2-6-14(12)24-15/h1-2,5-6,13H,3-4,7-11H2,(H,21,22). The van der Waals surface area contributed by atoms with E-state index in [-0.39, 0.29) is 12.5 Å². The van der Waals surface area contributed by atoms with Gasteiger partial charge in [-0.3, -0.25) is 4.79 Å². The molecule has 1 aromatic heterocycles. The summed E-state index contributed by atoms with van der Waals surface area (Å²) in [7, 11) is 0. The number of aliphatic carboxylic acids is 1. The van der Waals surface area contributed by atoms with Gasteiger partial charge in [-0.05, 0) is 31.4 Å². The second-order valence-corrected chi connectivity index (χ2v) is 6.91. The van der Waals surface area contributed by atoms with Crippen molar-refractivity contribution >= 4 is 33.4 Å². The number of fused-ring (bicyclic) bond motifs is 1. The van der Waals surface area contributed by atoms with E-state index in [1.54, 1.807) is 11.3 Å². The summed E-state index contributed by atoms with van der Waals surface area (Å²) in [5.74, 6) is -1.10. The zero-order valence-electron chi connectivity index (χ0n) is 13.3. The van der Waals surface area contributed by atoms with Gasteiger partial charge in [-0.2, -0.15) is 0 Å². The molecule has 2 aromatic rings. The average Bonchev–Trinajstić information content (AvgIpc) is 3.01. The van der Waals surface area contributed by atoms with Gasteiger partial charge in [0.1, 0.15) is 0 Å². The van der Waals surface area contributed by atoms with Crippen LogP contribution in [0.15, 0.2) is 24.3 Å². The molecule has 6 nitrogen and oxygen atoms in total. The number of hydrogen-bond donors (Lipinski definition) is 1. The first-order chi connectivity index (χ1) is 11.6. The zero-order chi connectivity index (χ0) is 16.9. The fourth-order valence-corrected chi connectivity index (χ4v) is 3.84. The topological polar surface area (TPSA) is 79.7 Å². The minimum Gasteiger partial charge on any atom is -0.480 e. The molecule has 1 amide bonds. The van der Waals surface area contributed by atoms with Gasteiger partial charge < -0.3 is 14.7 Å². The number of carbonyl (C=O) groups is 2. The number of hydrogen-bond acceptors (Lipinski definition) is 5. The van der Waals surface area contributed by atoms with Gasteiger partial charge in [-0.15, -0.1) is 11.3 Å². The molecule has 1 aliphatic heterocycles. The Labute approximate surface area is 144 Å². The van der Waals surface area contributed by atoms with Crippen LogP contribution in [0.25, 0.3) is 10.2 Å². The van der Waals surface area contributed by atoms with Crippen LogP contribution in [0.2, 0.25) is 0 Å². The van der Waals surface area contributed by atoms with Crippen molar-refractivity contribution in [3.63, 3.8) is 0 Å². The van der Waals surface area contributed by atoms with Crippen LogP contribution in [-0.2, 0) is 20.7 Å². The maximum Gasteiger partial charge on any atom is 0.328 e. The number of amides is 1. The number of benzene rings is 1. The van der Waals surface area contributed by atoms with E-state index in [1.165, 1.54) is 9.60 Å². The summed E-state index contributed by atoms with van der Waals surface area (Å²) in [5, 5.41) is 10.2. The summed E-state index contributed by atoms with van der Waals surface area (Å²) in [6.07, 6.45) is 2.82. The van der Waals surface area contributed by atoms with Crippen LogP contribution in [0.5, 0.6) is 0 Å². The fourth-order valence-electron chi connectivity index (χ4n) is 2.83. The highest BCUT2D eigenvalue weighted by atomic mass is 32.1. The van der Waals surface area contributed by atoms with Crippen LogP contribution >= 0.6 is 11.3 Å². The Morgan fingerprint density at radius 3 is 2.96 bits per heavy atom. The smallest absolute Gasteiger partial charge is 0.328 e. The number of nitrogens with zero attached hydrogens (tertiary/aromatic N) is 2. The largest absolute Gasteiger partial charge is 0.480 e. The first-order valence-corrected chi connectivity index (χ1v) is 8.91. The monoisotopic (exact) mass is 348 g/mol. The van der Waals surface area contributed by atoms with Gasteiger partial charge in [-0.1, -0.05) is 12.1 Å². The van der Waals surface area contributed by atoms with Crippen LogP contribution in [0.4, 0.5) is 0 Å². The van der Waals surface area contributed by atoms with Crippen LogP contribution < -0.4 is 0 Å². The molecule has 1 unspecified atom stereocenters. The van der Waals surface area contributed by atoms with Crippen LogP contribution in [-0.4, -0.2) is 52.7 Å². The Morgan fingerprint density at radius 1 is 1.33 bits per heavy atom. The molecule has 0 aliphatic carbocycles. The SMILES string of the molecule is O=C(O)C1COCCN1C(=O)CCCCc1nc2ccccc2s1. The minimum absolute atomic E-state index is 0.0762. The molecule has 0 radical (unpaired) electrons. The van der Waals surface area contributed by atoms with Crippen molar-refractivity contribution in [1.29, 1.82) is 0 Å². The summed E-state index contributed by atoms with van der Waals surface area (Å²) >= 11 is 1.69. The lowest BCUT2D eigenvalue weighted by Gasteiger charge is -2.32. The molecule has 128 valence electrons. The van der Waals surface area contributed by atoms with Crippen molar-refractivity contribution in [1.82, 2.24) is 9.88 Å². The van der Waals surface area contributed by atoms with Crippen molar-refractivity contribution in [3.8, 4) is 0 Å². The summed E-state index contributed by atoms with van der Waals surface area (Å²) in [4.78, 5) is 29.5. The first kappa shape index (κ1) is 16.9. The summed E-state index contributed by atoms with van der Waals surface area (Å²) < 4.78 is 6.34. The number of morpholine rings is 1. The Hall–Kier alpha value is -1.99. The van der Waals surface area contributed by atoms with Gasteiger partial charge in [-0.25, -0.2) is 9.78 Å². The van der Waals surface area contributed by atoms with E-state index >= 15 is 0 Å². The van der Waals surface area contributed by atoms with E-state index in [1.807, 2.05) is 18.2 Å². The highest BCUT2D eigenvalue weighted by Crippen LogP contribution is 2.23. The second kappa shape index (κ2) is 7.72. The predicted molar refractivity (Wildman–Crippen MR) is 91.1 cm³/mol. The van der Waals surface area contributed by atoms with E-state index in [0.29, 0.717) is 19.6 Å². The van der Waals surface area contributed by atoms with Gasteiger partial charge >= 0.3 is 5.97 Å². The molecule has 7 heteroatoms. The maximum atomic E-state index is 12.3. The molecule has 0 bridgehead atoms. The Morgan fingerprint density at radius 2 is 2.17 bits per heavy atom. The molecule has 1 fully saturated rings. The summed E-state index contributed by atoms with van der Waals surface area (Å²) in [6, 6.07) is 7.19. The molecular weight excluding hydrogens is 328 g/mol. The molecule has 1 atom stereocenters. The number of aryl methyl sites for hydroxylation is 1. The maximum absolute atomic E-state index is 12.3. The molecular formula is C17H20N2O4S. The van der Waals surface area contributed by atoms with Crippen molar-refractivity contribution in [2.45, 2.75) is 31.7 Å². The number of carbonyl (C=O) groups excluding carboxylic acids is 1. The Balaban J connectivity index is 1.47. The number of carboxylic acid groups (broad SMARTS) is 1. The lowest BCUT2D eigenvalue weighted by molar-refractivity contribution is -0.158. The van der Waals surface area contributed by atoms with E-state index in [9.17, 15) is 9.59 Å². The molecule has 1 saturated heterocycles. The lowest BCUT2D eigenvalue weighted by Crippen LogP contribution is -2.52. The number of para-hydroxylation sites is 1. The van der Waals surface area contributed by atoms with Crippen molar-refractivity contribution in [3.05, 3.63) is 29.3 Å². The number of rotatable bonds is 6.